The summed E-state index contributed by atoms with van der Waals surface area (Å²) in [6.45, 7) is -0.0204. The molecule has 2 N–H and O–H groups in total. The van der Waals surface area contributed by atoms with Crippen molar-refractivity contribution >= 4 is 55.8 Å². The van der Waals surface area contributed by atoms with Crippen LogP contribution in [0.15, 0.2) is 50.9 Å². The zero-order chi connectivity index (χ0) is 20.4. The van der Waals surface area contributed by atoms with Crippen LogP contribution in [0.4, 0.5) is 4.79 Å². The maximum atomic E-state index is 12.8. The van der Waals surface area contributed by atoms with Crippen LogP contribution in [0.5, 0.6) is 11.5 Å². The van der Waals surface area contributed by atoms with Gasteiger partial charge in [0, 0.05) is 10.0 Å². The fourth-order valence-electron chi connectivity index (χ4n) is 2.60. The number of ether oxygens (including phenoxy) is 1. The van der Waals surface area contributed by atoms with Crippen LogP contribution in [-0.4, -0.2) is 35.0 Å². The molecule has 9 heteroatoms. The molecule has 1 heterocycles. The molecule has 1 saturated heterocycles. The molecule has 0 unspecified atom stereocenters. The highest BCUT2D eigenvalue weighted by atomic mass is 79.9. The summed E-state index contributed by atoms with van der Waals surface area (Å²) in [5.74, 6) is -1.06. The number of rotatable bonds is 4. The third kappa shape index (κ3) is 4.10. The molecule has 0 atom stereocenters. The number of nitrogens with one attached hydrogen (secondary N) is 1. The van der Waals surface area contributed by atoms with E-state index in [1.165, 1.54) is 13.2 Å². The van der Waals surface area contributed by atoms with E-state index in [-0.39, 0.29) is 23.4 Å². The van der Waals surface area contributed by atoms with Crippen LogP contribution in [0, 0.1) is 0 Å². The first kappa shape index (κ1) is 20.1. The van der Waals surface area contributed by atoms with Gasteiger partial charge in [0.2, 0.25) is 0 Å². The molecule has 4 amide bonds. The van der Waals surface area contributed by atoms with Gasteiger partial charge in [-0.25, -0.2) is 4.79 Å². The lowest BCUT2D eigenvalue weighted by Gasteiger charge is -2.26. The molecular weight excluding hydrogens is 496 g/mol. The summed E-state index contributed by atoms with van der Waals surface area (Å²) >= 11 is 6.49. The Labute approximate surface area is 177 Å². The number of phenols is 1. The number of nitrogens with zero attached hydrogens (tertiary/aromatic N) is 1. The Bertz CT molecular complexity index is 1000. The number of carbonyl (C=O) groups excluding carboxylic acids is 3. The summed E-state index contributed by atoms with van der Waals surface area (Å²) in [4.78, 5) is 38.1. The highest BCUT2D eigenvalue weighted by molar-refractivity contribution is 9.11. The first-order valence-electron chi connectivity index (χ1n) is 8.00. The zero-order valence-corrected chi connectivity index (χ0v) is 17.7. The fraction of sp³-hybridized carbons (Fsp3) is 0.105. The lowest BCUT2D eigenvalue weighted by atomic mass is 10.1. The Balaban J connectivity index is 1.93. The van der Waals surface area contributed by atoms with Crippen LogP contribution in [-0.2, 0) is 16.1 Å². The molecule has 1 aliphatic rings. The molecule has 0 saturated carbocycles. The largest absolute Gasteiger partial charge is 0.506 e. The highest BCUT2D eigenvalue weighted by Gasteiger charge is 2.35. The summed E-state index contributed by atoms with van der Waals surface area (Å²) in [6.07, 6.45) is 1.25. The minimum absolute atomic E-state index is 0.0204. The number of aromatic hydroxyl groups is 1. The lowest BCUT2D eigenvalue weighted by molar-refractivity contribution is -0.130. The number of urea groups is 1. The normalized spacial score (nSPS) is 15.8. The molecule has 0 bridgehead atoms. The van der Waals surface area contributed by atoms with E-state index >= 15 is 0 Å². The summed E-state index contributed by atoms with van der Waals surface area (Å²) in [5, 5.41) is 12.3. The molecule has 7 nitrogen and oxygen atoms in total. The first-order valence-corrected chi connectivity index (χ1v) is 9.58. The summed E-state index contributed by atoms with van der Waals surface area (Å²) in [6, 6.07) is 9.23. The van der Waals surface area contributed by atoms with Gasteiger partial charge in [0.1, 0.15) is 17.1 Å². The maximum absolute atomic E-state index is 12.8. The van der Waals surface area contributed by atoms with Crippen molar-refractivity contribution in [2.45, 2.75) is 6.54 Å². The fourth-order valence-corrected chi connectivity index (χ4v) is 3.86. The second kappa shape index (κ2) is 8.15. The molecule has 2 aromatic rings. The molecule has 2 aromatic carbocycles. The quantitative estimate of drug-likeness (QED) is 0.485. The van der Waals surface area contributed by atoms with Crippen molar-refractivity contribution in [2.24, 2.45) is 0 Å². The zero-order valence-electron chi connectivity index (χ0n) is 14.5. The third-order valence-electron chi connectivity index (χ3n) is 4.04. The summed E-state index contributed by atoms with van der Waals surface area (Å²) in [5.41, 5.74) is 0.679. The highest BCUT2D eigenvalue weighted by Crippen LogP contribution is 2.33. The van der Waals surface area contributed by atoms with E-state index in [1.807, 2.05) is 0 Å². The molecular formula is C19H14Br2N2O5. The number of halogens is 2. The van der Waals surface area contributed by atoms with E-state index in [2.05, 4.69) is 37.2 Å². The van der Waals surface area contributed by atoms with Crippen molar-refractivity contribution in [3.63, 3.8) is 0 Å². The number of amides is 4. The first-order chi connectivity index (χ1) is 13.3. The minimum Gasteiger partial charge on any atom is -0.506 e. The number of carbonyl (C=O) groups is 3. The van der Waals surface area contributed by atoms with E-state index in [9.17, 15) is 19.5 Å². The minimum atomic E-state index is -0.823. The maximum Gasteiger partial charge on any atom is 0.331 e. The lowest BCUT2D eigenvalue weighted by Crippen LogP contribution is -2.53. The average molecular weight is 510 g/mol. The van der Waals surface area contributed by atoms with Crippen molar-refractivity contribution in [3.8, 4) is 11.5 Å². The number of methoxy groups -OCH3 is 1. The molecule has 28 heavy (non-hydrogen) atoms. The van der Waals surface area contributed by atoms with Gasteiger partial charge in [-0.3, -0.25) is 19.8 Å². The number of phenolic OH excluding ortho intramolecular Hbond substituents is 1. The summed E-state index contributed by atoms with van der Waals surface area (Å²) < 4.78 is 6.11. The van der Waals surface area contributed by atoms with E-state index in [0.717, 1.165) is 4.90 Å². The molecule has 0 aromatic heterocycles. The van der Waals surface area contributed by atoms with Gasteiger partial charge >= 0.3 is 6.03 Å². The van der Waals surface area contributed by atoms with Crippen LogP contribution < -0.4 is 10.1 Å². The van der Waals surface area contributed by atoms with Crippen LogP contribution in [0.2, 0.25) is 0 Å². The van der Waals surface area contributed by atoms with Crippen LogP contribution >= 0.6 is 31.9 Å². The Kier molecular flexibility index (Phi) is 5.85. The molecule has 1 fully saturated rings. The van der Waals surface area contributed by atoms with Gasteiger partial charge in [-0.05, 0) is 51.8 Å². The number of hydrogen-bond donors (Lipinski definition) is 2. The van der Waals surface area contributed by atoms with Gasteiger partial charge in [-0.15, -0.1) is 0 Å². The number of imide groups is 2. The summed E-state index contributed by atoms with van der Waals surface area (Å²) in [7, 11) is 1.54. The van der Waals surface area contributed by atoms with Gasteiger partial charge in [0.05, 0.1) is 18.1 Å². The van der Waals surface area contributed by atoms with Crippen molar-refractivity contribution in [2.75, 3.05) is 7.11 Å². The second-order valence-electron chi connectivity index (χ2n) is 5.88. The molecule has 0 radical (unpaired) electrons. The van der Waals surface area contributed by atoms with Crippen LogP contribution in [0.3, 0.4) is 0 Å². The Morgan fingerprint density at radius 2 is 1.82 bits per heavy atom. The number of benzene rings is 2. The van der Waals surface area contributed by atoms with Gasteiger partial charge in [0.25, 0.3) is 11.8 Å². The van der Waals surface area contributed by atoms with Crippen molar-refractivity contribution in [1.29, 1.82) is 0 Å². The molecule has 0 spiro atoms. The predicted molar refractivity (Wildman–Crippen MR) is 109 cm³/mol. The SMILES string of the molecule is COc1ccc(CN2C(=O)NC(=O)C(=Cc3cc(Br)cc(Br)c3O)C2=O)cc1. The molecule has 1 aliphatic heterocycles. The van der Waals surface area contributed by atoms with Crippen LogP contribution in [0.25, 0.3) is 6.08 Å². The molecule has 0 aliphatic carbocycles. The van der Waals surface area contributed by atoms with E-state index < -0.39 is 17.8 Å². The Hall–Kier alpha value is -2.65. The number of barbiturate groups is 1. The van der Waals surface area contributed by atoms with E-state index in [4.69, 9.17) is 4.74 Å². The predicted octanol–water partition coefficient (Wildman–Crippen LogP) is 3.59. The smallest absolute Gasteiger partial charge is 0.331 e. The molecule has 144 valence electrons. The second-order valence-corrected chi connectivity index (χ2v) is 7.65. The molecule has 3 rings (SSSR count). The van der Waals surface area contributed by atoms with Gasteiger partial charge in [-0.2, -0.15) is 0 Å². The van der Waals surface area contributed by atoms with Gasteiger partial charge < -0.3 is 9.84 Å². The van der Waals surface area contributed by atoms with Gasteiger partial charge in [-0.1, -0.05) is 28.1 Å². The van der Waals surface area contributed by atoms with Crippen molar-refractivity contribution in [1.82, 2.24) is 10.2 Å². The van der Waals surface area contributed by atoms with Crippen molar-refractivity contribution in [3.05, 3.63) is 62.0 Å². The Morgan fingerprint density at radius 1 is 1.14 bits per heavy atom. The van der Waals surface area contributed by atoms with Crippen LogP contribution in [0.1, 0.15) is 11.1 Å². The van der Waals surface area contributed by atoms with Crippen molar-refractivity contribution < 1.29 is 24.2 Å². The average Bonchev–Trinajstić information content (AvgIpc) is 2.66. The topological polar surface area (TPSA) is 95.9 Å². The van der Waals surface area contributed by atoms with E-state index in [0.29, 0.717) is 20.3 Å². The monoisotopic (exact) mass is 508 g/mol. The van der Waals surface area contributed by atoms with Gasteiger partial charge in [0.15, 0.2) is 0 Å². The Morgan fingerprint density at radius 3 is 2.46 bits per heavy atom. The number of hydrogen-bond acceptors (Lipinski definition) is 5. The standard InChI is InChI=1S/C19H14Br2N2O5/c1-28-13-4-2-10(3-5-13)9-23-18(26)14(17(25)22-19(23)27)7-11-6-12(20)8-15(21)16(11)24/h2-8,24H,9H2,1H3,(H,22,25,27). The third-order valence-corrected chi connectivity index (χ3v) is 5.11. The van der Waals surface area contributed by atoms with E-state index in [1.54, 1.807) is 36.4 Å².